The Labute approximate surface area is 192 Å². The molecular formula is C26H23ClN2O3. The van der Waals surface area contributed by atoms with Gasteiger partial charge in [-0.2, -0.15) is 0 Å². The van der Waals surface area contributed by atoms with Gasteiger partial charge in [-0.15, -0.1) is 0 Å². The number of benzene rings is 3. The third-order valence-electron chi connectivity index (χ3n) is 5.57. The van der Waals surface area contributed by atoms with Gasteiger partial charge in [0.2, 0.25) is 0 Å². The highest BCUT2D eigenvalue weighted by Crippen LogP contribution is 2.41. The van der Waals surface area contributed by atoms with E-state index in [-0.39, 0.29) is 0 Å². The molecule has 1 aliphatic rings. The molecule has 0 aliphatic carbocycles. The van der Waals surface area contributed by atoms with Crippen molar-refractivity contribution < 1.29 is 14.3 Å². The normalized spacial score (nSPS) is 13.7. The molecule has 3 aromatic rings. The summed E-state index contributed by atoms with van der Waals surface area (Å²) in [5, 5.41) is 0.402. The molecule has 2 amide bonds. The number of para-hydroxylation sites is 1. The quantitative estimate of drug-likeness (QED) is 0.493. The molecule has 4 rings (SSSR count). The van der Waals surface area contributed by atoms with E-state index in [1.54, 1.807) is 30.1 Å². The molecule has 0 unspecified atom stereocenters. The number of imide groups is 1. The molecule has 0 fully saturated rings. The Balaban J connectivity index is 1.94. The van der Waals surface area contributed by atoms with Crippen molar-refractivity contribution in [2.45, 2.75) is 13.8 Å². The number of amides is 2. The van der Waals surface area contributed by atoms with E-state index in [9.17, 15) is 9.59 Å². The van der Waals surface area contributed by atoms with Gasteiger partial charge >= 0.3 is 0 Å². The zero-order valence-electron chi connectivity index (χ0n) is 18.3. The minimum absolute atomic E-state index is 0.301. The number of carbonyl (C=O) groups excluding carboxylic acids is 2. The Kier molecular flexibility index (Phi) is 5.76. The molecule has 0 saturated heterocycles. The van der Waals surface area contributed by atoms with Gasteiger partial charge in [0.1, 0.15) is 11.4 Å². The maximum atomic E-state index is 13.8. The van der Waals surface area contributed by atoms with E-state index in [4.69, 9.17) is 16.3 Å². The summed E-state index contributed by atoms with van der Waals surface area (Å²) in [5.74, 6) is -0.461. The zero-order chi connectivity index (χ0) is 23.0. The molecular weight excluding hydrogens is 424 g/mol. The van der Waals surface area contributed by atoms with Crippen LogP contribution >= 0.6 is 11.6 Å². The Morgan fingerprint density at radius 1 is 0.906 bits per heavy atom. The van der Waals surface area contributed by atoms with E-state index < -0.39 is 11.8 Å². The van der Waals surface area contributed by atoms with Crippen LogP contribution in [0.25, 0.3) is 5.57 Å². The summed E-state index contributed by atoms with van der Waals surface area (Å²) in [6.45, 7) is 3.93. The van der Waals surface area contributed by atoms with Crippen LogP contribution in [0, 0.1) is 13.8 Å². The average molecular weight is 447 g/mol. The third-order valence-corrected chi connectivity index (χ3v) is 5.81. The molecule has 162 valence electrons. The van der Waals surface area contributed by atoms with Gasteiger partial charge in [0.25, 0.3) is 11.8 Å². The first kappa shape index (κ1) is 21.7. The van der Waals surface area contributed by atoms with Crippen LogP contribution in [0.15, 0.2) is 72.4 Å². The Hall–Kier alpha value is -3.57. The summed E-state index contributed by atoms with van der Waals surface area (Å²) in [6, 6.07) is 20.2. The summed E-state index contributed by atoms with van der Waals surface area (Å²) in [6.07, 6.45) is 0. The van der Waals surface area contributed by atoms with Crippen LogP contribution in [0.2, 0.25) is 5.02 Å². The summed E-state index contributed by atoms with van der Waals surface area (Å²) >= 11 is 6.21. The number of aryl methyl sites for hydroxylation is 2. The predicted octanol–water partition coefficient (Wildman–Crippen LogP) is 5.39. The predicted molar refractivity (Wildman–Crippen MR) is 128 cm³/mol. The molecule has 0 spiro atoms. The van der Waals surface area contributed by atoms with Crippen molar-refractivity contribution in [3.8, 4) is 5.75 Å². The number of carbonyl (C=O) groups is 2. The van der Waals surface area contributed by atoms with Crippen LogP contribution in [0.5, 0.6) is 5.75 Å². The van der Waals surface area contributed by atoms with Gasteiger partial charge in [0.15, 0.2) is 0 Å². The van der Waals surface area contributed by atoms with Crippen LogP contribution < -0.4 is 14.5 Å². The minimum atomic E-state index is -0.433. The number of rotatable bonds is 5. The van der Waals surface area contributed by atoms with Crippen molar-refractivity contribution in [1.29, 1.82) is 0 Å². The molecule has 0 aromatic heterocycles. The fourth-order valence-electron chi connectivity index (χ4n) is 4.00. The van der Waals surface area contributed by atoms with Gasteiger partial charge < -0.3 is 9.64 Å². The minimum Gasteiger partial charge on any atom is -0.495 e. The number of hydrogen-bond donors (Lipinski definition) is 0. The molecule has 0 radical (unpaired) electrons. The van der Waals surface area contributed by atoms with Crippen molar-refractivity contribution in [1.82, 2.24) is 0 Å². The Bertz CT molecular complexity index is 1250. The van der Waals surface area contributed by atoms with E-state index in [2.05, 4.69) is 0 Å². The molecule has 0 atom stereocenters. The van der Waals surface area contributed by atoms with Crippen LogP contribution in [0.4, 0.5) is 11.4 Å². The van der Waals surface area contributed by atoms with Gasteiger partial charge in [-0.05, 0) is 55.3 Å². The number of ether oxygens (including phenoxy) is 1. The van der Waals surface area contributed by atoms with E-state index in [0.29, 0.717) is 27.7 Å². The average Bonchev–Trinajstić information content (AvgIpc) is 3.03. The maximum absolute atomic E-state index is 13.8. The number of anilines is 2. The zero-order valence-corrected chi connectivity index (χ0v) is 19.1. The highest BCUT2D eigenvalue weighted by Gasteiger charge is 2.43. The van der Waals surface area contributed by atoms with Crippen molar-refractivity contribution in [2.24, 2.45) is 0 Å². The third kappa shape index (κ3) is 3.65. The lowest BCUT2D eigenvalue weighted by Gasteiger charge is -2.22. The van der Waals surface area contributed by atoms with E-state index >= 15 is 0 Å². The summed E-state index contributed by atoms with van der Waals surface area (Å²) in [7, 11) is 3.28. The van der Waals surface area contributed by atoms with E-state index in [0.717, 1.165) is 27.3 Å². The monoisotopic (exact) mass is 446 g/mol. The molecule has 5 nitrogen and oxygen atoms in total. The molecule has 1 aliphatic heterocycles. The van der Waals surface area contributed by atoms with Gasteiger partial charge in [-0.25, -0.2) is 4.90 Å². The first-order chi connectivity index (χ1) is 15.3. The molecule has 0 bridgehead atoms. The second kappa shape index (κ2) is 8.52. The first-order valence-corrected chi connectivity index (χ1v) is 10.5. The lowest BCUT2D eigenvalue weighted by atomic mass is 9.97. The van der Waals surface area contributed by atoms with Crippen molar-refractivity contribution in [2.75, 3.05) is 24.0 Å². The number of nitrogens with zero attached hydrogens (tertiary/aromatic N) is 2. The molecule has 0 N–H and O–H groups in total. The topological polar surface area (TPSA) is 49.9 Å². The molecule has 3 aromatic carbocycles. The van der Waals surface area contributed by atoms with Crippen molar-refractivity contribution in [3.05, 3.63) is 94.1 Å². The molecule has 1 heterocycles. The van der Waals surface area contributed by atoms with Gasteiger partial charge in [-0.1, -0.05) is 53.6 Å². The lowest BCUT2D eigenvalue weighted by Crippen LogP contribution is -2.34. The smallest absolute Gasteiger partial charge is 0.282 e. The number of methoxy groups -OCH3 is 1. The van der Waals surface area contributed by atoms with Crippen molar-refractivity contribution in [3.63, 3.8) is 0 Å². The molecule has 32 heavy (non-hydrogen) atoms. The second-order valence-corrected chi connectivity index (χ2v) is 8.13. The largest absolute Gasteiger partial charge is 0.495 e. The Morgan fingerprint density at radius 2 is 1.62 bits per heavy atom. The van der Waals surface area contributed by atoms with Crippen molar-refractivity contribution >= 4 is 40.4 Å². The fourth-order valence-corrected chi connectivity index (χ4v) is 4.17. The second-order valence-electron chi connectivity index (χ2n) is 7.70. The number of hydrogen-bond acceptors (Lipinski definition) is 4. The summed E-state index contributed by atoms with van der Waals surface area (Å²) < 4.78 is 5.43. The lowest BCUT2D eigenvalue weighted by molar-refractivity contribution is -0.120. The molecule has 0 saturated carbocycles. The maximum Gasteiger partial charge on any atom is 0.282 e. The summed E-state index contributed by atoms with van der Waals surface area (Å²) in [4.78, 5) is 30.5. The fraction of sp³-hybridized carbons (Fsp3) is 0.154. The standard InChI is InChI=1S/C26H23ClN2O3/c1-16-10-12-20(17(2)14-16)23-24(28(3)19-8-6-5-7-9-19)26(31)29(25(23)30)21-15-18(27)11-13-22(21)32-4/h5-15H,1-4H3. The van der Waals surface area contributed by atoms with Crippen LogP contribution in [0.1, 0.15) is 16.7 Å². The highest BCUT2D eigenvalue weighted by atomic mass is 35.5. The summed E-state index contributed by atoms with van der Waals surface area (Å²) in [5.41, 5.74) is 4.47. The Morgan fingerprint density at radius 3 is 2.28 bits per heavy atom. The van der Waals surface area contributed by atoms with Crippen LogP contribution in [-0.4, -0.2) is 26.0 Å². The molecule has 6 heteroatoms. The van der Waals surface area contributed by atoms with Gasteiger partial charge in [0, 0.05) is 17.8 Å². The first-order valence-electron chi connectivity index (χ1n) is 10.2. The van der Waals surface area contributed by atoms with Crippen LogP contribution in [0.3, 0.4) is 0 Å². The number of likely N-dealkylation sites (N-methyl/N-ethyl adjacent to an activating group) is 1. The van der Waals surface area contributed by atoms with Gasteiger partial charge in [-0.3, -0.25) is 9.59 Å². The van der Waals surface area contributed by atoms with E-state index in [1.165, 1.54) is 7.11 Å². The SMILES string of the molecule is COc1ccc(Cl)cc1N1C(=O)C(c2ccc(C)cc2C)=C(N(C)c2ccccc2)C1=O. The number of halogens is 1. The van der Waals surface area contributed by atoms with Crippen LogP contribution in [-0.2, 0) is 9.59 Å². The van der Waals surface area contributed by atoms with E-state index in [1.807, 2.05) is 62.4 Å². The van der Waals surface area contributed by atoms with Gasteiger partial charge in [0.05, 0.1) is 18.4 Å². The highest BCUT2D eigenvalue weighted by molar-refractivity contribution is 6.47.